The second kappa shape index (κ2) is 12.1. The van der Waals surface area contributed by atoms with Gasteiger partial charge < -0.3 is 10.6 Å². The molecule has 0 bridgehead atoms. The SMILES string of the molecule is CCS(=O)(=O)N(C)CCCNC(=NC)NCc1ccc(CN2CCCCC2)cc1. The van der Waals surface area contributed by atoms with Crippen LogP contribution in [0.2, 0.25) is 0 Å². The fourth-order valence-electron chi connectivity index (χ4n) is 3.41. The molecule has 0 unspecified atom stereocenters. The average Bonchev–Trinajstić information content (AvgIpc) is 2.74. The second-order valence-electron chi connectivity index (χ2n) is 7.58. The first kappa shape index (κ1) is 23.6. The number of hydrogen-bond donors (Lipinski definition) is 2. The summed E-state index contributed by atoms with van der Waals surface area (Å²) in [6.45, 7) is 7.00. The standard InChI is InChI=1S/C21H37N5O2S/c1-4-29(27,28)25(3)14-8-13-23-21(22-2)24-17-19-9-11-20(12-10-19)18-26-15-6-5-7-16-26/h9-12H,4-8,13-18H2,1-3H3,(H2,22,23,24). The highest BCUT2D eigenvalue weighted by atomic mass is 32.2. The highest BCUT2D eigenvalue weighted by Gasteiger charge is 2.14. The molecule has 1 aliphatic rings. The van der Waals surface area contributed by atoms with Crippen LogP contribution in [0.3, 0.4) is 0 Å². The Morgan fingerprint density at radius 3 is 2.38 bits per heavy atom. The number of benzene rings is 1. The van der Waals surface area contributed by atoms with Crippen molar-refractivity contribution in [1.82, 2.24) is 19.8 Å². The van der Waals surface area contributed by atoms with Crippen LogP contribution in [-0.2, 0) is 23.1 Å². The highest BCUT2D eigenvalue weighted by molar-refractivity contribution is 7.89. The summed E-state index contributed by atoms with van der Waals surface area (Å²) >= 11 is 0. The van der Waals surface area contributed by atoms with Gasteiger partial charge in [0.05, 0.1) is 5.75 Å². The molecule has 0 spiro atoms. The van der Waals surface area contributed by atoms with Crippen molar-refractivity contribution in [2.75, 3.05) is 46.0 Å². The minimum absolute atomic E-state index is 0.136. The normalized spacial score (nSPS) is 16.2. The predicted molar refractivity (Wildman–Crippen MR) is 120 cm³/mol. The molecular weight excluding hydrogens is 386 g/mol. The van der Waals surface area contributed by atoms with Crippen LogP contribution in [0, 0.1) is 0 Å². The van der Waals surface area contributed by atoms with Crippen LogP contribution in [0.1, 0.15) is 43.7 Å². The Hall–Kier alpha value is -1.64. The van der Waals surface area contributed by atoms with Gasteiger partial charge in [-0.05, 0) is 50.4 Å². The van der Waals surface area contributed by atoms with Gasteiger partial charge in [0.2, 0.25) is 10.0 Å². The van der Waals surface area contributed by atoms with E-state index in [-0.39, 0.29) is 5.75 Å². The van der Waals surface area contributed by atoms with Crippen molar-refractivity contribution in [3.05, 3.63) is 35.4 Å². The van der Waals surface area contributed by atoms with E-state index in [1.807, 2.05) is 0 Å². The maximum absolute atomic E-state index is 11.7. The number of nitrogens with zero attached hydrogens (tertiary/aromatic N) is 3. The van der Waals surface area contributed by atoms with Crippen LogP contribution in [-0.4, -0.2) is 69.6 Å². The number of rotatable bonds is 10. The van der Waals surface area contributed by atoms with E-state index in [9.17, 15) is 8.42 Å². The van der Waals surface area contributed by atoms with Crippen LogP contribution in [0.15, 0.2) is 29.3 Å². The molecule has 0 aliphatic carbocycles. The summed E-state index contributed by atoms with van der Waals surface area (Å²) in [4.78, 5) is 6.77. The zero-order valence-corrected chi connectivity index (χ0v) is 19.0. The minimum Gasteiger partial charge on any atom is -0.356 e. The molecule has 164 valence electrons. The predicted octanol–water partition coefficient (Wildman–Crippen LogP) is 2.01. The Morgan fingerprint density at radius 2 is 1.76 bits per heavy atom. The van der Waals surface area contributed by atoms with Gasteiger partial charge in [-0.25, -0.2) is 12.7 Å². The topological polar surface area (TPSA) is 77.0 Å². The minimum atomic E-state index is -3.11. The van der Waals surface area contributed by atoms with Gasteiger partial charge in [0, 0.05) is 40.3 Å². The third kappa shape index (κ3) is 8.32. The molecule has 1 fully saturated rings. The molecule has 7 nitrogen and oxygen atoms in total. The molecule has 1 aliphatic heterocycles. The molecule has 0 atom stereocenters. The van der Waals surface area contributed by atoms with Crippen molar-refractivity contribution in [2.24, 2.45) is 4.99 Å². The fourth-order valence-corrected chi connectivity index (χ4v) is 4.26. The monoisotopic (exact) mass is 423 g/mol. The molecule has 1 saturated heterocycles. The van der Waals surface area contributed by atoms with Crippen LogP contribution < -0.4 is 10.6 Å². The van der Waals surface area contributed by atoms with Gasteiger partial charge in [-0.3, -0.25) is 9.89 Å². The molecule has 1 aromatic carbocycles. The maximum atomic E-state index is 11.7. The lowest BCUT2D eigenvalue weighted by atomic mass is 10.1. The van der Waals surface area contributed by atoms with E-state index in [2.05, 4.69) is 44.8 Å². The smallest absolute Gasteiger partial charge is 0.213 e. The Labute approximate surface area is 176 Å². The number of sulfonamides is 1. The first-order valence-electron chi connectivity index (χ1n) is 10.6. The fraction of sp³-hybridized carbons (Fsp3) is 0.667. The van der Waals surface area contributed by atoms with Gasteiger partial charge in [-0.1, -0.05) is 30.7 Å². The number of piperidine rings is 1. The van der Waals surface area contributed by atoms with E-state index in [4.69, 9.17) is 0 Å². The molecule has 29 heavy (non-hydrogen) atoms. The van der Waals surface area contributed by atoms with Crippen LogP contribution in [0.25, 0.3) is 0 Å². The zero-order chi connectivity index (χ0) is 21.1. The lowest BCUT2D eigenvalue weighted by Crippen LogP contribution is -2.38. The van der Waals surface area contributed by atoms with Gasteiger partial charge in [0.15, 0.2) is 5.96 Å². The summed E-state index contributed by atoms with van der Waals surface area (Å²) in [5.41, 5.74) is 2.58. The van der Waals surface area contributed by atoms with Gasteiger partial charge in [0.1, 0.15) is 0 Å². The highest BCUT2D eigenvalue weighted by Crippen LogP contribution is 2.13. The van der Waals surface area contributed by atoms with Gasteiger partial charge in [0.25, 0.3) is 0 Å². The summed E-state index contributed by atoms with van der Waals surface area (Å²) in [7, 11) is 0.259. The van der Waals surface area contributed by atoms with E-state index >= 15 is 0 Å². The number of hydrogen-bond acceptors (Lipinski definition) is 4. The van der Waals surface area contributed by atoms with Crippen LogP contribution >= 0.6 is 0 Å². The molecule has 0 radical (unpaired) electrons. The Kier molecular flexibility index (Phi) is 9.90. The zero-order valence-electron chi connectivity index (χ0n) is 18.2. The molecule has 2 rings (SSSR count). The summed E-state index contributed by atoms with van der Waals surface area (Å²) in [5.74, 6) is 0.861. The van der Waals surface area contributed by atoms with Crippen molar-refractivity contribution >= 4 is 16.0 Å². The van der Waals surface area contributed by atoms with E-state index in [0.29, 0.717) is 19.6 Å². The number of aliphatic imine (C=N–C) groups is 1. The molecule has 2 N–H and O–H groups in total. The molecule has 0 amide bonds. The second-order valence-corrected chi connectivity index (χ2v) is 9.95. The summed E-state index contributed by atoms with van der Waals surface area (Å²) in [5, 5.41) is 6.55. The Morgan fingerprint density at radius 1 is 1.10 bits per heavy atom. The quantitative estimate of drug-likeness (QED) is 0.342. The van der Waals surface area contributed by atoms with Crippen molar-refractivity contribution in [3.8, 4) is 0 Å². The average molecular weight is 424 g/mol. The van der Waals surface area contributed by atoms with Crippen molar-refractivity contribution in [2.45, 2.75) is 45.7 Å². The first-order valence-corrected chi connectivity index (χ1v) is 12.2. The Balaban J connectivity index is 1.69. The van der Waals surface area contributed by atoms with E-state index in [1.165, 1.54) is 47.8 Å². The van der Waals surface area contributed by atoms with Gasteiger partial charge in [-0.15, -0.1) is 0 Å². The molecule has 8 heteroatoms. The molecule has 0 aromatic heterocycles. The van der Waals surface area contributed by atoms with Crippen molar-refractivity contribution < 1.29 is 8.42 Å². The summed E-state index contributed by atoms with van der Waals surface area (Å²) in [6, 6.07) is 8.77. The third-order valence-corrected chi connectivity index (χ3v) is 7.21. The number of guanidine groups is 1. The molecular formula is C21H37N5O2S. The van der Waals surface area contributed by atoms with Crippen LogP contribution in [0.4, 0.5) is 0 Å². The molecule has 0 saturated carbocycles. The molecule has 1 heterocycles. The lowest BCUT2D eigenvalue weighted by Gasteiger charge is -2.26. The first-order chi connectivity index (χ1) is 13.9. The van der Waals surface area contributed by atoms with E-state index < -0.39 is 10.0 Å². The molecule has 1 aromatic rings. The van der Waals surface area contributed by atoms with Gasteiger partial charge in [-0.2, -0.15) is 0 Å². The third-order valence-electron chi connectivity index (χ3n) is 5.34. The summed E-state index contributed by atoms with van der Waals surface area (Å²) < 4.78 is 24.9. The van der Waals surface area contributed by atoms with Crippen molar-refractivity contribution in [3.63, 3.8) is 0 Å². The number of nitrogens with one attached hydrogen (secondary N) is 2. The largest absolute Gasteiger partial charge is 0.356 e. The summed E-state index contributed by atoms with van der Waals surface area (Å²) in [6.07, 6.45) is 4.73. The van der Waals surface area contributed by atoms with Crippen molar-refractivity contribution in [1.29, 1.82) is 0 Å². The lowest BCUT2D eigenvalue weighted by molar-refractivity contribution is 0.221. The van der Waals surface area contributed by atoms with Crippen LogP contribution in [0.5, 0.6) is 0 Å². The van der Waals surface area contributed by atoms with E-state index in [0.717, 1.165) is 18.9 Å². The van der Waals surface area contributed by atoms with Gasteiger partial charge >= 0.3 is 0 Å². The number of likely N-dealkylation sites (tertiary alicyclic amines) is 1. The maximum Gasteiger partial charge on any atom is 0.213 e. The Bertz CT molecular complexity index is 728. The van der Waals surface area contributed by atoms with E-state index in [1.54, 1.807) is 21.0 Å².